The molecule has 1 aliphatic heterocycles. The number of rotatable bonds is 2. The van der Waals surface area contributed by atoms with Crippen LogP contribution in [0.25, 0.3) is 0 Å². The SMILES string of the molecule is N[C@H](c1cc(Cl)c(Cl)cc1O)C1CCNCC1. The van der Waals surface area contributed by atoms with Crippen LogP contribution in [0.5, 0.6) is 5.75 Å². The Morgan fingerprint density at radius 1 is 1.24 bits per heavy atom. The second kappa shape index (κ2) is 5.44. The van der Waals surface area contributed by atoms with Crippen LogP contribution < -0.4 is 11.1 Å². The van der Waals surface area contributed by atoms with Gasteiger partial charge in [0.15, 0.2) is 0 Å². The Hall–Kier alpha value is -0.480. The number of benzene rings is 1. The van der Waals surface area contributed by atoms with Crippen molar-refractivity contribution < 1.29 is 5.11 Å². The first-order chi connectivity index (χ1) is 8.09. The molecule has 1 aromatic rings. The first kappa shape index (κ1) is 13.0. The van der Waals surface area contributed by atoms with Crippen LogP contribution in [-0.4, -0.2) is 18.2 Å². The average Bonchev–Trinajstić information content (AvgIpc) is 2.34. The van der Waals surface area contributed by atoms with Gasteiger partial charge in [0, 0.05) is 17.7 Å². The van der Waals surface area contributed by atoms with Crippen molar-refractivity contribution in [3.63, 3.8) is 0 Å². The Morgan fingerprint density at radius 2 is 1.82 bits per heavy atom. The monoisotopic (exact) mass is 274 g/mol. The number of hydrogen-bond donors (Lipinski definition) is 3. The molecule has 0 aromatic heterocycles. The molecule has 17 heavy (non-hydrogen) atoms. The zero-order valence-corrected chi connectivity index (χ0v) is 10.9. The minimum absolute atomic E-state index is 0.130. The molecule has 4 N–H and O–H groups in total. The van der Waals surface area contributed by atoms with Gasteiger partial charge in [-0.3, -0.25) is 0 Å². The number of nitrogens with one attached hydrogen (secondary N) is 1. The molecule has 1 heterocycles. The Kier molecular flexibility index (Phi) is 4.15. The molecule has 1 saturated heterocycles. The fourth-order valence-electron chi connectivity index (χ4n) is 2.28. The quantitative estimate of drug-likeness (QED) is 0.777. The number of aromatic hydroxyl groups is 1. The summed E-state index contributed by atoms with van der Waals surface area (Å²) in [6, 6.07) is 2.94. The summed E-state index contributed by atoms with van der Waals surface area (Å²) in [5, 5.41) is 14.0. The molecule has 1 aromatic carbocycles. The number of phenols is 1. The van der Waals surface area contributed by atoms with Crippen LogP contribution in [-0.2, 0) is 0 Å². The Morgan fingerprint density at radius 3 is 2.47 bits per heavy atom. The fraction of sp³-hybridized carbons (Fsp3) is 0.500. The van der Waals surface area contributed by atoms with Crippen molar-refractivity contribution in [1.82, 2.24) is 5.32 Å². The molecule has 1 atom stereocenters. The van der Waals surface area contributed by atoms with E-state index in [9.17, 15) is 5.11 Å². The molecule has 0 unspecified atom stereocenters. The maximum absolute atomic E-state index is 9.88. The summed E-state index contributed by atoms with van der Waals surface area (Å²) in [6.07, 6.45) is 2.03. The van der Waals surface area contributed by atoms with Gasteiger partial charge in [0.1, 0.15) is 5.75 Å². The molecular formula is C12H16Cl2N2O. The van der Waals surface area contributed by atoms with Crippen LogP contribution in [0, 0.1) is 5.92 Å². The highest BCUT2D eigenvalue weighted by Gasteiger charge is 2.24. The molecule has 5 heteroatoms. The van der Waals surface area contributed by atoms with Crippen molar-refractivity contribution in [3.8, 4) is 5.75 Å². The first-order valence-corrected chi connectivity index (χ1v) is 6.49. The zero-order valence-electron chi connectivity index (χ0n) is 9.42. The Labute approximate surface area is 111 Å². The van der Waals surface area contributed by atoms with Crippen LogP contribution in [0.15, 0.2) is 12.1 Å². The molecule has 0 aliphatic carbocycles. The van der Waals surface area contributed by atoms with E-state index in [0.717, 1.165) is 25.9 Å². The van der Waals surface area contributed by atoms with Gasteiger partial charge in [0.2, 0.25) is 0 Å². The van der Waals surface area contributed by atoms with Crippen molar-refractivity contribution in [2.75, 3.05) is 13.1 Å². The lowest BCUT2D eigenvalue weighted by molar-refractivity contribution is 0.316. The zero-order chi connectivity index (χ0) is 12.4. The van der Waals surface area contributed by atoms with Gasteiger partial charge in [-0.05, 0) is 37.9 Å². The normalized spacial score (nSPS) is 19.2. The summed E-state index contributed by atoms with van der Waals surface area (Å²) in [5.74, 6) is 0.504. The predicted molar refractivity (Wildman–Crippen MR) is 70.6 cm³/mol. The van der Waals surface area contributed by atoms with Gasteiger partial charge in [0.25, 0.3) is 0 Å². The molecule has 0 saturated carbocycles. The molecule has 3 nitrogen and oxygen atoms in total. The standard InChI is InChI=1S/C12H16Cl2N2O/c13-9-5-8(11(17)6-10(9)14)12(15)7-1-3-16-4-2-7/h5-7,12,16-17H,1-4,15H2/t12-/m0/s1. The summed E-state index contributed by atoms with van der Waals surface area (Å²) in [6.45, 7) is 1.95. The van der Waals surface area contributed by atoms with E-state index in [1.807, 2.05) is 0 Å². The van der Waals surface area contributed by atoms with Gasteiger partial charge >= 0.3 is 0 Å². The third-order valence-corrected chi connectivity index (χ3v) is 4.04. The molecule has 1 fully saturated rings. The second-order valence-corrected chi connectivity index (χ2v) is 5.25. The van der Waals surface area contributed by atoms with E-state index >= 15 is 0 Å². The highest BCUT2D eigenvalue weighted by atomic mass is 35.5. The van der Waals surface area contributed by atoms with Crippen molar-refractivity contribution in [2.45, 2.75) is 18.9 Å². The van der Waals surface area contributed by atoms with Crippen LogP contribution in [0.4, 0.5) is 0 Å². The van der Waals surface area contributed by atoms with Crippen molar-refractivity contribution in [2.24, 2.45) is 11.7 Å². The minimum atomic E-state index is -0.188. The number of piperidine rings is 1. The highest BCUT2D eigenvalue weighted by Crippen LogP contribution is 2.36. The van der Waals surface area contributed by atoms with Crippen molar-refractivity contribution in [3.05, 3.63) is 27.7 Å². The average molecular weight is 275 g/mol. The van der Waals surface area contributed by atoms with E-state index in [1.165, 1.54) is 6.07 Å². The van der Waals surface area contributed by atoms with Crippen LogP contribution in [0.1, 0.15) is 24.4 Å². The van der Waals surface area contributed by atoms with Crippen LogP contribution in [0.3, 0.4) is 0 Å². The summed E-state index contributed by atoms with van der Waals surface area (Å²) in [4.78, 5) is 0. The highest BCUT2D eigenvalue weighted by molar-refractivity contribution is 6.42. The van der Waals surface area contributed by atoms with E-state index in [1.54, 1.807) is 6.07 Å². The summed E-state index contributed by atoms with van der Waals surface area (Å²) < 4.78 is 0. The molecule has 0 radical (unpaired) electrons. The Bertz CT molecular complexity index is 406. The molecule has 94 valence electrons. The van der Waals surface area contributed by atoms with Gasteiger partial charge in [-0.25, -0.2) is 0 Å². The smallest absolute Gasteiger partial charge is 0.121 e. The maximum Gasteiger partial charge on any atom is 0.121 e. The summed E-state index contributed by atoms with van der Waals surface area (Å²) in [7, 11) is 0. The van der Waals surface area contributed by atoms with Crippen LogP contribution in [0.2, 0.25) is 10.0 Å². The van der Waals surface area contributed by atoms with E-state index in [0.29, 0.717) is 21.5 Å². The largest absolute Gasteiger partial charge is 0.508 e. The summed E-state index contributed by atoms with van der Waals surface area (Å²) in [5.41, 5.74) is 6.89. The minimum Gasteiger partial charge on any atom is -0.508 e. The van der Waals surface area contributed by atoms with E-state index in [2.05, 4.69) is 5.32 Å². The number of halogens is 2. The molecule has 0 bridgehead atoms. The van der Waals surface area contributed by atoms with Crippen molar-refractivity contribution >= 4 is 23.2 Å². The predicted octanol–water partition coefficient (Wildman–Crippen LogP) is 2.70. The van der Waals surface area contributed by atoms with Crippen LogP contribution >= 0.6 is 23.2 Å². The maximum atomic E-state index is 9.88. The van der Waals surface area contributed by atoms with Gasteiger partial charge in [-0.1, -0.05) is 23.2 Å². The summed E-state index contributed by atoms with van der Waals surface area (Å²) >= 11 is 11.8. The lowest BCUT2D eigenvalue weighted by Crippen LogP contribution is -2.33. The second-order valence-electron chi connectivity index (χ2n) is 4.44. The van der Waals surface area contributed by atoms with Gasteiger partial charge < -0.3 is 16.2 Å². The lowest BCUT2D eigenvalue weighted by atomic mass is 9.86. The van der Waals surface area contributed by atoms with Gasteiger partial charge in [-0.2, -0.15) is 0 Å². The third-order valence-electron chi connectivity index (χ3n) is 3.32. The molecule has 2 rings (SSSR count). The van der Waals surface area contributed by atoms with Gasteiger partial charge in [-0.15, -0.1) is 0 Å². The van der Waals surface area contributed by atoms with E-state index in [4.69, 9.17) is 28.9 Å². The number of phenolic OH excluding ortho intramolecular Hbond substituents is 1. The Balaban J connectivity index is 2.23. The third kappa shape index (κ3) is 2.86. The molecule has 0 amide bonds. The molecule has 0 spiro atoms. The van der Waals surface area contributed by atoms with Gasteiger partial charge in [0.05, 0.1) is 10.0 Å². The fourth-order valence-corrected chi connectivity index (χ4v) is 2.61. The van der Waals surface area contributed by atoms with E-state index in [-0.39, 0.29) is 11.8 Å². The number of nitrogens with two attached hydrogens (primary N) is 1. The lowest BCUT2D eigenvalue weighted by Gasteiger charge is -2.28. The molecular weight excluding hydrogens is 259 g/mol. The number of hydrogen-bond acceptors (Lipinski definition) is 3. The van der Waals surface area contributed by atoms with Crippen molar-refractivity contribution in [1.29, 1.82) is 0 Å². The topological polar surface area (TPSA) is 58.3 Å². The molecule has 1 aliphatic rings. The van der Waals surface area contributed by atoms with E-state index < -0.39 is 0 Å². The first-order valence-electron chi connectivity index (χ1n) is 5.74.